The van der Waals surface area contributed by atoms with Crippen LogP contribution in [0.25, 0.3) is 0 Å². The van der Waals surface area contributed by atoms with Crippen molar-refractivity contribution in [3.63, 3.8) is 0 Å². The molecule has 0 aromatic carbocycles. The molecule has 0 amide bonds. The van der Waals surface area contributed by atoms with Gasteiger partial charge in [0.2, 0.25) is 5.88 Å². The van der Waals surface area contributed by atoms with Gasteiger partial charge in [-0.1, -0.05) is 0 Å². The van der Waals surface area contributed by atoms with Crippen LogP contribution in [-0.2, 0) is 0 Å². The van der Waals surface area contributed by atoms with Crippen molar-refractivity contribution < 1.29 is 9.66 Å². The SMILES string of the molecule is O=[N+]([O-])c1ccnc(OC2CNC2)c1. The monoisotopic (exact) mass is 195 g/mol. The van der Waals surface area contributed by atoms with Gasteiger partial charge < -0.3 is 10.1 Å². The normalized spacial score (nSPS) is 16.0. The molecule has 1 aliphatic heterocycles. The van der Waals surface area contributed by atoms with Crippen LogP contribution < -0.4 is 10.1 Å². The summed E-state index contributed by atoms with van der Waals surface area (Å²) in [5, 5.41) is 13.5. The van der Waals surface area contributed by atoms with Crippen molar-refractivity contribution in [2.45, 2.75) is 6.10 Å². The number of nitro groups is 1. The quantitative estimate of drug-likeness (QED) is 0.555. The summed E-state index contributed by atoms with van der Waals surface area (Å²) >= 11 is 0. The number of pyridine rings is 1. The van der Waals surface area contributed by atoms with Crippen LogP contribution in [-0.4, -0.2) is 29.1 Å². The van der Waals surface area contributed by atoms with Crippen LogP contribution in [0, 0.1) is 10.1 Å². The molecule has 6 nitrogen and oxygen atoms in total. The van der Waals surface area contributed by atoms with Gasteiger partial charge in [0.05, 0.1) is 11.0 Å². The molecule has 0 unspecified atom stereocenters. The van der Waals surface area contributed by atoms with Gasteiger partial charge in [-0.05, 0) is 0 Å². The van der Waals surface area contributed by atoms with Gasteiger partial charge in [0.15, 0.2) is 0 Å². The van der Waals surface area contributed by atoms with Crippen LogP contribution in [0.2, 0.25) is 0 Å². The lowest BCUT2D eigenvalue weighted by molar-refractivity contribution is -0.385. The smallest absolute Gasteiger partial charge is 0.276 e. The number of hydrogen-bond acceptors (Lipinski definition) is 5. The van der Waals surface area contributed by atoms with Crippen molar-refractivity contribution in [3.8, 4) is 5.88 Å². The summed E-state index contributed by atoms with van der Waals surface area (Å²) < 4.78 is 5.36. The third-order valence-corrected chi connectivity index (χ3v) is 1.96. The largest absolute Gasteiger partial charge is 0.471 e. The maximum atomic E-state index is 10.4. The van der Waals surface area contributed by atoms with Gasteiger partial charge in [0.25, 0.3) is 5.69 Å². The Morgan fingerprint density at radius 2 is 2.43 bits per heavy atom. The molecule has 0 radical (unpaired) electrons. The molecule has 0 saturated carbocycles. The predicted octanol–water partition coefficient (Wildman–Crippen LogP) is 0.340. The van der Waals surface area contributed by atoms with E-state index in [-0.39, 0.29) is 11.8 Å². The molecule has 14 heavy (non-hydrogen) atoms. The molecule has 1 aromatic heterocycles. The minimum Gasteiger partial charge on any atom is -0.471 e. The first-order chi connectivity index (χ1) is 6.75. The first-order valence-corrected chi connectivity index (χ1v) is 4.23. The summed E-state index contributed by atoms with van der Waals surface area (Å²) in [5.74, 6) is 0.311. The van der Waals surface area contributed by atoms with E-state index in [0.717, 1.165) is 13.1 Å². The lowest BCUT2D eigenvalue weighted by Crippen LogP contribution is -2.50. The summed E-state index contributed by atoms with van der Waals surface area (Å²) in [6.45, 7) is 1.54. The van der Waals surface area contributed by atoms with Gasteiger partial charge in [-0.2, -0.15) is 0 Å². The second-order valence-corrected chi connectivity index (χ2v) is 3.01. The van der Waals surface area contributed by atoms with Crippen molar-refractivity contribution >= 4 is 5.69 Å². The van der Waals surface area contributed by atoms with E-state index >= 15 is 0 Å². The van der Waals surface area contributed by atoms with Crippen LogP contribution in [0.1, 0.15) is 0 Å². The Labute approximate surface area is 80.1 Å². The third kappa shape index (κ3) is 1.80. The van der Waals surface area contributed by atoms with Crippen LogP contribution in [0.5, 0.6) is 5.88 Å². The van der Waals surface area contributed by atoms with E-state index in [2.05, 4.69) is 10.3 Å². The fourth-order valence-electron chi connectivity index (χ4n) is 1.09. The molecule has 1 N–H and O–H groups in total. The van der Waals surface area contributed by atoms with E-state index in [1.165, 1.54) is 18.3 Å². The highest BCUT2D eigenvalue weighted by molar-refractivity contribution is 5.32. The van der Waals surface area contributed by atoms with Gasteiger partial charge in [-0.3, -0.25) is 10.1 Å². The summed E-state index contributed by atoms with van der Waals surface area (Å²) in [6, 6.07) is 2.67. The molecule has 0 aliphatic carbocycles. The molecule has 1 aromatic rings. The number of ether oxygens (including phenoxy) is 1. The highest BCUT2D eigenvalue weighted by Gasteiger charge is 2.19. The lowest BCUT2D eigenvalue weighted by Gasteiger charge is -2.26. The molecule has 1 fully saturated rings. The first-order valence-electron chi connectivity index (χ1n) is 4.23. The van der Waals surface area contributed by atoms with Crippen molar-refractivity contribution in [1.29, 1.82) is 0 Å². The summed E-state index contributed by atoms with van der Waals surface area (Å²) in [6.07, 6.45) is 1.46. The molecule has 1 saturated heterocycles. The summed E-state index contributed by atoms with van der Waals surface area (Å²) in [5.41, 5.74) is 0.00211. The minimum absolute atomic E-state index is 0.00211. The molecule has 0 bridgehead atoms. The van der Waals surface area contributed by atoms with Crippen molar-refractivity contribution in [3.05, 3.63) is 28.4 Å². The zero-order valence-electron chi connectivity index (χ0n) is 7.34. The van der Waals surface area contributed by atoms with E-state index in [9.17, 15) is 10.1 Å². The van der Waals surface area contributed by atoms with Crippen LogP contribution >= 0.6 is 0 Å². The predicted molar refractivity (Wildman–Crippen MR) is 48.2 cm³/mol. The highest BCUT2D eigenvalue weighted by atomic mass is 16.6. The van der Waals surface area contributed by atoms with Gasteiger partial charge in [-0.25, -0.2) is 4.98 Å². The molecular weight excluding hydrogens is 186 g/mol. The number of rotatable bonds is 3. The van der Waals surface area contributed by atoms with Crippen molar-refractivity contribution in [1.82, 2.24) is 10.3 Å². The zero-order chi connectivity index (χ0) is 9.97. The maximum Gasteiger partial charge on any atom is 0.276 e. The Morgan fingerprint density at radius 1 is 1.64 bits per heavy atom. The maximum absolute atomic E-state index is 10.4. The number of aromatic nitrogens is 1. The highest BCUT2D eigenvalue weighted by Crippen LogP contribution is 2.17. The molecule has 74 valence electrons. The molecule has 0 spiro atoms. The molecule has 0 atom stereocenters. The average Bonchev–Trinajstić information content (AvgIpc) is 2.12. The van der Waals surface area contributed by atoms with E-state index in [4.69, 9.17) is 4.74 Å². The fourth-order valence-corrected chi connectivity index (χ4v) is 1.09. The Balaban J connectivity index is 2.09. The third-order valence-electron chi connectivity index (χ3n) is 1.96. The molecule has 6 heteroatoms. The first kappa shape index (κ1) is 8.89. The molecule has 1 aliphatic rings. The molecule has 2 heterocycles. The minimum atomic E-state index is -0.465. The van der Waals surface area contributed by atoms with Crippen molar-refractivity contribution in [2.75, 3.05) is 13.1 Å². The van der Waals surface area contributed by atoms with Gasteiger partial charge in [0, 0.05) is 25.4 Å². The van der Waals surface area contributed by atoms with Crippen molar-refractivity contribution in [2.24, 2.45) is 0 Å². The summed E-state index contributed by atoms with van der Waals surface area (Å²) in [4.78, 5) is 13.9. The number of nitrogens with zero attached hydrogens (tertiary/aromatic N) is 2. The molecule has 2 rings (SSSR count). The van der Waals surface area contributed by atoms with E-state index in [1.54, 1.807) is 0 Å². The van der Waals surface area contributed by atoms with Gasteiger partial charge >= 0.3 is 0 Å². The van der Waals surface area contributed by atoms with Crippen LogP contribution in [0.3, 0.4) is 0 Å². The zero-order valence-corrected chi connectivity index (χ0v) is 7.34. The average molecular weight is 195 g/mol. The van der Waals surface area contributed by atoms with E-state index < -0.39 is 4.92 Å². The second-order valence-electron chi connectivity index (χ2n) is 3.01. The van der Waals surface area contributed by atoms with Gasteiger partial charge in [0.1, 0.15) is 6.10 Å². The van der Waals surface area contributed by atoms with E-state index in [0.29, 0.717) is 5.88 Å². The standard InChI is InChI=1S/C8H9N3O3/c12-11(13)6-1-2-10-8(3-6)14-7-4-9-5-7/h1-3,7,9H,4-5H2. The molecular formula is C8H9N3O3. The van der Waals surface area contributed by atoms with Crippen LogP contribution in [0.15, 0.2) is 18.3 Å². The topological polar surface area (TPSA) is 77.3 Å². The van der Waals surface area contributed by atoms with Crippen LogP contribution in [0.4, 0.5) is 5.69 Å². The Hall–Kier alpha value is -1.69. The lowest BCUT2D eigenvalue weighted by atomic mass is 10.2. The fraction of sp³-hybridized carbons (Fsp3) is 0.375. The number of nitrogens with one attached hydrogen (secondary N) is 1. The second kappa shape index (κ2) is 3.59. The Bertz CT molecular complexity index is 351. The van der Waals surface area contributed by atoms with E-state index in [1.807, 2.05) is 0 Å². The Kier molecular flexibility index (Phi) is 2.28. The summed E-state index contributed by atoms with van der Waals surface area (Å²) in [7, 11) is 0. The Morgan fingerprint density at radius 3 is 3.00 bits per heavy atom. The van der Waals surface area contributed by atoms with Gasteiger partial charge in [-0.15, -0.1) is 0 Å². The number of hydrogen-bond donors (Lipinski definition) is 1.